The molecule has 0 aliphatic rings. The zero-order valence-corrected chi connectivity index (χ0v) is 56.2. The minimum Gasteiger partial charge on any atom is -0.378 e. The van der Waals surface area contributed by atoms with E-state index in [0.717, 1.165) is 173 Å². The molecule has 0 aliphatic heterocycles. The molecule has 0 aromatic rings. The number of ether oxygens (including phenoxy) is 3. The summed E-state index contributed by atoms with van der Waals surface area (Å²) in [5.41, 5.74) is -0.408. The lowest BCUT2D eigenvalue weighted by Gasteiger charge is -2.35. The van der Waals surface area contributed by atoms with Gasteiger partial charge < -0.3 is 42.8 Å². The SMILES string of the molecule is CCCCC(CCCC)(CCCC)COCC(COP(=O)(O)OC(COCC(CCCC)(CCCC)CCCC)COP(=O)(O)OC(COCC(CCCC)(CCCC)CCCC)COP(=O)(O)OCCCCCCF)OP(O)OC. The quantitative estimate of drug-likeness (QED) is 0.0327. The monoisotopic (exact) mass is 1250 g/mol. The minimum absolute atomic E-state index is 0.0609. The highest BCUT2D eigenvalue weighted by molar-refractivity contribution is 7.48. The van der Waals surface area contributed by atoms with Gasteiger partial charge in [-0.1, -0.05) is 191 Å². The Hall–Kier alpha value is 0.450. The van der Waals surface area contributed by atoms with Crippen molar-refractivity contribution < 1.29 is 88.1 Å². The summed E-state index contributed by atoms with van der Waals surface area (Å²) >= 11 is 0. The summed E-state index contributed by atoms with van der Waals surface area (Å²) < 4.78 is 117. The van der Waals surface area contributed by atoms with Crippen molar-refractivity contribution >= 4 is 32.1 Å². The fourth-order valence-corrected chi connectivity index (χ4v) is 13.3. The van der Waals surface area contributed by atoms with Gasteiger partial charge in [-0.25, -0.2) is 13.7 Å². The van der Waals surface area contributed by atoms with Crippen molar-refractivity contribution in [2.24, 2.45) is 16.2 Å². The molecule has 4 N–H and O–H groups in total. The van der Waals surface area contributed by atoms with E-state index in [2.05, 4.69) is 62.3 Å². The highest BCUT2D eigenvalue weighted by Crippen LogP contribution is 2.50. The minimum atomic E-state index is -5.16. The molecule has 7 unspecified atom stereocenters. The summed E-state index contributed by atoms with van der Waals surface area (Å²) in [4.78, 5) is 43.9. The van der Waals surface area contributed by atoms with Crippen LogP contribution >= 0.6 is 32.1 Å². The molecule has 0 amide bonds. The van der Waals surface area contributed by atoms with Gasteiger partial charge in [0.2, 0.25) is 0 Å². The smallest absolute Gasteiger partial charge is 0.378 e. The molecule has 81 heavy (non-hydrogen) atoms. The first-order chi connectivity index (χ1) is 38.7. The average molecular weight is 1250 g/mol. The summed E-state index contributed by atoms with van der Waals surface area (Å²) in [5.74, 6) is 0. The van der Waals surface area contributed by atoms with Gasteiger partial charge in [-0.05, 0) is 86.9 Å². The zero-order valence-electron chi connectivity index (χ0n) is 52.6. The molecular formula is C58H121FO18P4. The Morgan fingerprint density at radius 3 is 0.975 bits per heavy atom. The summed E-state index contributed by atoms with van der Waals surface area (Å²) in [6, 6.07) is 0. The molecular weight excluding hydrogens is 1130 g/mol. The highest BCUT2D eigenvalue weighted by Gasteiger charge is 2.38. The molecule has 0 bridgehead atoms. The van der Waals surface area contributed by atoms with Gasteiger partial charge in [0.15, 0.2) is 0 Å². The van der Waals surface area contributed by atoms with Crippen molar-refractivity contribution in [3.05, 3.63) is 0 Å². The molecule has 0 radical (unpaired) electrons. The Kier molecular flexibility index (Phi) is 49.6. The van der Waals surface area contributed by atoms with Gasteiger partial charge in [0.1, 0.15) is 18.3 Å². The second-order valence-corrected chi connectivity index (χ2v) is 28.1. The van der Waals surface area contributed by atoms with Gasteiger partial charge in [-0.3, -0.25) is 31.5 Å². The van der Waals surface area contributed by atoms with Gasteiger partial charge in [-0.15, -0.1) is 0 Å². The van der Waals surface area contributed by atoms with Gasteiger partial charge in [-0.2, -0.15) is 0 Å². The number of alkyl halides is 1. The summed E-state index contributed by atoms with van der Waals surface area (Å²) in [5, 5.41) is 0. The standard InChI is InChI=1S/C58H121FO18P4/c1-11-20-33-56(34-21-12-2,35-22-13-3)50-68-44-53(75-78(60)67-10)47-73-80(63,64)77-55(46-70-52-58(39-26-17-7,40-27-18-8)41-28-19-9)49-74-81(65,66)76-54(48-72-79(61,62)71-43-32-30-29-31-42-59)45-69-51-57(36-23-14-4,37-24-15-5)38-25-16-6/h53-55,60H,11-52H2,1-10H3,(H,61,62)(H,63,64)(H,65,66). The fraction of sp³-hybridized carbons (Fsp3) is 1.00. The van der Waals surface area contributed by atoms with Crippen molar-refractivity contribution in [1.82, 2.24) is 0 Å². The molecule has 0 saturated carbocycles. The van der Waals surface area contributed by atoms with Crippen LogP contribution in [0.1, 0.15) is 261 Å². The van der Waals surface area contributed by atoms with Crippen LogP contribution in [-0.4, -0.2) is 118 Å². The van der Waals surface area contributed by atoms with Crippen LogP contribution in [0.5, 0.6) is 0 Å². The van der Waals surface area contributed by atoms with Crippen molar-refractivity contribution in [2.45, 2.75) is 280 Å². The van der Waals surface area contributed by atoms with Crippen LogP contribution in [0.2, 0.25) is 0 Å². The lowest BCUT2D eigenvalue weighted by molar-refractivity contribution is -0.0531. The van der Waals surface area contributed by atoms with E-state index in [1.165, 1.54) is 7.11 Å². The lowest BCUT2D eigenvalue weighted by Crippen LogP contribution is -2.33. The van der Waals surface area contributed by atoms with Gasteiger partial charge in [0.25, 0.3) is 0 Å². The van der Waals surface area contributed by atoms with E-state index >= 15 is 0 Å². The van der Waals surface area contributed by atoms with Crippen LogP contribution in [0.25, 0.3) is 0 Å². The molecule has 488 valence electrons. The largest absolute Gasteiger partial charge is 0.472 e. The lowest BCUT2D eigenvalue weighted by atomic mass is 9.75. The van der Waals surface area contributed by atoms with E-state index in [9.17, 15) is 37.7 Å². The molecule has 7 atom stereocenters. The Morgan fingerprint density at radius 2 is 0.679 bits per heavy atom. The highest BCUT2D eigenvalue weighted by atomic mass is 31.2. The Morgan fingerprint density at radius 1 is 0.395 bits per heavy atom. The molecule has 0 aliphatic carbocycles. The van der Waals surface area contributed by atoms with E-state index in [4.69, 9.17) is 50.4 Å². The second kappa shape index (κ2) is 49.3. The molecule has 0 aromatic carbocycles. The topological polar surface area (TPSA) is 234 Å². The van der Waals surface area contributed by atoms with Crippen LogP contribution in [0.4, 0.5) is 4.39 Å². The number of hydrogen-bond acceptors (Lipinski definition) is 15. The third-order valence-electron chi connectivity index (χ3n) is 15.2. The van der Waals surface area contributed by atoms with Crippen LogP contribution in [0.15, 0.2) is 0 Å². The molecule has 0 aromatic heterocycles. The third-order valence-corrected chi connectivity index (χ3v) is 19.0. The molecule has 0 fully saturated rings. The van der Waals surface area contributed by atoms with Gasteiger partial charge in [0.05, 0.1) is 72.7 Å². The molecule has 23 heteroatoms. The van der Waals surface area contributed by atoms with E-state index in [1.807, 2.05) is 0 Å². The molecule has 0 heterocycles. The average Bonchev–Trinajstić information content (AvgIpc) is 3.44. The van der Waals surface area contributed by atoms with Gasteiger partial charge >= 0.3 is 32.1 Å². The van der Waals surface area contributed by atoms with Crippen LogP contribution in [0, 0.1) is 16.2 Å². The number of phosphoric acid groups is 3. The maximum atomic E-state index is 14.1. The molecule has 0 saturated heterocycles. The second-order valence-electron chi connectivity index (χ2n) is 22.8. The first-order valence-corrected chi connectivity index (χ1v) is 37.3. The molecule has 0 rings (SSSR count). The Labute approximate surface area is 494 Å². The van der Waals surface area contributed by atoms with Crippen molar-refractivity contribution in [2.75, 3.05) is 79.9 Å². The maximum absolute atomic E-state index is 14.1. The summed E-state index contributed by atoms with van der Waals surface area (Å²) in [6.45, 7) is 17.0. The van der Waals surface area contributed by atoms with Crippen molar-refractivity contribution in [3.8, 4) is 0 Å². The van der Waals surface area contributed by atoms with E-state index < -0.39 is 76.9 Å². The van der Waals surface area contributed by atoms with Crippen LogP contribution < -0.4 is 0 Å². The predicted molar refractivity (Wildman–Crippen MR) is 324 cm³/mol. The Balaban J connectivity index is 6.95. The summed E-state index contributed by atoms with van der Waals surface area (Å²) in [7, 11) is -16.0. The Bertz CT molecular complexity index is 1540. The predicted octanol–water partition coefficient (Wildman–Crippen LogP) is 17.6. The first-order valence-electron chi connectivity index (χ1n) is 31.6. The fourth-order valence-electron chi connectivity index (χ4n) is 10.2. The van der Waals surface area contributed by atoms with E-state index in [-0.39, 0.29) is 42.7 Å². The molecule has 18 nitrogen and oxygen atoms in total. The number of halogens is 1. The van der Waals surface area contributed by atoms with E-state index in [1.54, 1.807) is 0 Å². The molecule has 0 spiro atoms. The maximum Gasteiger partial charge on any atom is 0.472 e. The van der Waals surface area contributed by atoms with Crippen LogP contribution in [-0.2, 0) is 64.1 Å². The number of phosphoric ester groups is 3. The van der Waals surface area contributed by atoms with E-state index in [0.29, 0.717) is 45.5 Å². The van der Waals surface area contributed by atoms with Gasteiger partial charge in [0, 0.05) is 7.11 Å². The number of rotatable bonds is 62. The van der Waals surface area contributed by atoms with Crippen molar-refractivity contribution in [1.29, 1.82) is 0 Å². The number of hydrogen-bond donors (Lipinski definition) is 4. The first kappa shape index (κ1) is 81.5. The van der Waals surface area contributed by atoms with Crippen molar-refractivity contribution in [3.63, 3.8) is 0 Å². The van der Waals surface area contributed by atoms with Crippen LogP contribution in [0.3, 0.4) is 0 Å². The number of unbranched alkanes of at least 4 members (excludes halogenated alkanes) is 12. The summed E-state index contributed by atoms with van der Waals surface area (Å²) in [6.07, 6.45) is 24.7. The normalized spacial score (nSPS) is 16.5. The third kappa shape index (κ3) is 41.3. The zero-order chi connectivity index (χ0) is 60.8.